The van der Waals surface area contributed by atoms with Gasteiger partial charge < -0.3 is 20.1 Å². The van der Waals surface area contributed by atoms with Crippen LogP contribution in [0.25, 0.3) is 0 Å². The first-order chi connectivity index (χ1) is 10.6. The summed E-state index contributed by atoms with van der Waals surface area (Å²) in [5.74, 6) is 0.202. The molecule has 0 aromatic carbocycles. The second-order valence-corrected chi connectivity index (χ2v) is 5.75. The summed E-state index contributed by atoms with van der Waals surface area (Å²) < 4.78 is 1.92. The Kier molecular flexibility index (Phi) is 6.24. The monoisotopic (exact) mass is 307 g/mol. The maximum Gasteiger partial charge on any atom is 0.315 e. The molecule has 2 N–H and O–H groups in total. The number of imidazole rings is 1. The first-order valence-electron chi connectivity index (χ1n) is 7.93. The van der Waals surface area contributed by atoms with Crippen molar-refractivity contribution in [2.24, 2.45) is 0 Å². The second kappa shape index (κ2) is 8.41. The fourth-order valence-corrected chi connectivity index (χ4v) is 2.61. The van der Waals surface area contributed by atoms with Crippen LogP contribution in [-0.4, -0.2) is 52.1 Å². The minimum Gasteiger partial charge on any atom is -0.341 e. The Morgan fingerprint density at radius 1 is 1.41 bits per heavy atom. The highest BCUT2D eigenvalue weighted by Gasteiger charge is 2.16. The standard InChI is InChI=1S/C15H25N5O2/c1-13(11-19-9-6-16-12-19)18-15(22)17-7-10-20-8-4-2-3-5-14(20)21/h6,9,12-13H,2-5,7-8,10-11H2,1H3,(H2,17,18,22). The molecule has 1 saturated heterocycles. The lowest BCUT2D eigenvalue weighted by atomic mass is 10.2. The highest BCUT2D eigenvalue weighted by Crippen LogP contribution is 2.10. The molecule has 7 nitrogen and oxygen atoms in total. The minimum absolute atomic E-state index is 0.00835. The maximum atomic E-state index is 11.8. The smallest absolute Gasteiger partial charge is 0.315 e. The highest BCUT2D eigenvalue weighted by atomic mass is 16.2. The summed E-state index contributed by atoms with van der Waals surface area (Å²) in [6.07, 6.45) is 9.08. The minimum atomic E-state index is -0.199. The molecule has 2 heterocycles. The third-order valence-corrected chi connectivity index (χ3v) is 3.76. The van der Waals surface area contributed by atoms with Crippen LogP contribution in [-0.2, 0) is 11.3 Å². The van der Waals surface area contributed by atoms with Crippen LogP contribution in [0, 0.1) is 0 Å². The van der Waals surface area contributed by atoms with Crippen molar-refractivity contribution in [3.63, 3.8) is 0 Å². The van der Waals surface area contributed by atoms with Gasteiger partial charge in [0.2, 0.25) is 5.91 Å². The van der Waals surface area contributed by atoms with Crippen molar-refractivity contribution in [1.82, 2.24) is 25.1 Å². The third-order valence-electron chi connectivity index (χ3n) is 3.76. The number of likely N-dealkylation sites (tertiary alicyclic amines) is 1. The van der Waals surface area contributed by atoms with Crippen LogP contribution in [0.1, 0.15) is 32.6 Å². The topological polar surface area (TPSA) is 79.3 Å². The highest BCUT2D eigenvalue weighted by molar-refractivity contribution is 5.76. The quantitative estimate of drug-likeness (QED) is 0.822. The molecule has 0 aliphatic carbocycles. The Morgan fingerprint density at radius 2 is 2.27 bits per heavy atom. The Labute approximate surface area is 131 Å². The lowest BCUT2D eigenvalue weighted by Crippen LogP contribution is -2.45. The van der Waals surface area contributed by atoms with Crippen LogP contribution in [0.15, 0.2) is 18.7 Å². The van der Waals surface area contributed by atoms with E-state index in [1.165, 1.54) is 0 Å². The fraction of sp³-hybridized carbons (Fsp3) is 0.667. The van der Waals surface area contributed by atoms with E-state index in [1.807, 2.05) is 22.6 Å². The van der Waals surface area contributed by atoms with Crippen molar-refractivity contribution >= 4 is 11.9 Å². The first-order valence-corrected chi connectivity index (χ1v) is 7.93. The lowest BCUT2D eigenvalue weighted by Gasteiger charge is -2.21. The molecule has 7 heteroatoms. The average molecular weight is 307 g/mol. The van der Waals surface area contributed by atoms with Gasteiger partial charge in [0.1, 0.15) is 0 Å². The van der Waals surface area contributed by atoms with E-state index in [2.05, 4.69) is 15.6 Å². The Hall–Kier alpha value is -2.05. The van der Waals surface area contributed by atoms with Gasteiger partial charge in [-0.25, -0.2) is 9.78 Å². The normalized spacial score (nSPS) is 17.0. The second-order valence-electron chi connectivity index (χ2n) is 5.75. The van der Waals surface area contributed by atoms with Gasteiger partial charge in [0.05, 0.1) is 6.33 Å². The van der Waals surface area contributed by atoms with Gasteiger partial charge >= 0.3 is 6.03 Å². The number of aromatic nitrogens is 2. The maximum absolute atomic E-state index is 11.8. The van der Waals surface area contributed by atoms with E-state index >= 15 is 0 Å². The summed E-state index contributed by atoms with van der Waals surface area (Å²) in [5, 5.41) is 5.69. The molecule has 0 spiro atoms. The van der Waals surface area contributed by atoms with Crippen molar-refractivity contribution in [3.05, 3.63) is 18.7 Å². The zero-order valence-corrected chi connectivity index (χ0v) is 13.1. The number of carbonyl (C=O) groups excluding carboxylic acids is 2. The molecule has 1 aliphatic heterocycles. The van der Waals surface area contributed by atoms with E-state index in [0.717, 1.165) is 25.8 Å². The largest absolute Gasteiger partial charge is 0.341 e. The molecule has 1 aromatic heterocycles. The molecule has 0 radical (unpaired) electrons. The molecular formula is C15H25N5O2. The third kappa shape index (κ3) is 5.38. The molecule has 1 aromatic rings. The van der Waals surface area contributed by atoms with Crippen molar-refractivity contribution in [2.75, 3.05) is 19.6 Å². The van der Waals surface area contributed by atoms with Gasteiger partial charge in [-0.05, 0) is 19.8 Å². The van der Waals surface area contributed by atoms with Gasteiger partial charge in [-0.1, -0.05) is 6.42 Å². The fourth-order valence-electron chi connectivity index (χ4n) is 2.61. The first kappa shape index (κ1) is 16.3. The molecule has 0 saturated carbocycles. The van der Waals surface area contributed by atoms with E-state index in [0.29, 0.717) is 26.1 Å². The van der Waals surface area contributed by atoms with Crippen molar-refractivity contribution in [1.29, 1.82) is 0 Å². The summed E-state index contributed by atoms with van der Waals surface area (Å²) >= 11 is 0. The van der Waals surface area contributed by atoms with Gasteiger partial charge in [-0.3, -0.25) is 4.79 Å². The van der Waals surface area contributed by atoms with Gasteiger partial charge in [0, 0.05) is 51.0 Å². The molecule has 1 atom stereocenters. The molecule has 1 aliphatic rings. The summed E-state index contributed by atoms with van der Waals surface area (Å²) in [7, 11) is 0. The lowest BCUT2D eigenvalue weighted by molar-refractivity contribution is -0.130. The summed E-state index contributed by atoms with van der Waals surface area (Å²) in [4.78, 5) is 29.5. The van der Waals surface area contributed by atoms with Gasteiger partial charge in [0.25, 0.3) is 0 Å². The van der Waals surface area contributed by atoms with E-state index in [1.54, 1.807) is 12.5 Å². The van der Waals surface area contributed by atoms with Crippen LogP contribution in [0.2, 0.25) is 0 Å². The Bertz CT molecular complexity index is 474. The average Bonchev–Trinajstić information content (AvgIpc) is 2.89. The van der Waals surface area contributed by atoms with Crippen LogP contribution in [0.5, 0.6) is 0 Å². The summed E-state index contributed by atoms with van der Waals surface area (Å²) in [5.41, 5.74) is 0. The molecule has 22 heavy (non-hydrogen) atoms. The molecule has 1 fully saturated rings. The predicted molar refractivity (Wildman–Crippen MR) is 83.3 cm³/mol. The van der Waals surface area contributed by atoms with E-state index < -0.39 is 0 Å². The van der Waals surface area contributed by atoms with Gasteiger partial charge in [-0.15, -0.1) is 0 Å². The number of nitrogens with one attached hydrogen (secondary N) is 2. The molecular weight excluding hydrogens is 282 g/mol. The van der Waals surface area contributed by atoms with Gasteiger partial charge in [0.15, 0.2) is 0 Å². The summed E-state index contributed by atoms with van der Waals surface area (Å²) in [6, 6.07) is -0.191. The zero-order valence-electron chi connectivity index (χ0n) is 13.1. The van der Waals surface area contributed by atoms with Crippen LogP contribution in [0.3, 0.4) is 0 Å². The molecule has 2 rings (SSSR count). The number of urea groups is 1. The van der Waals surface area contributed by atoms with Crippen LogP contribution in [0.4, 0.5) is 4.79 Å². The van der Waals surface area contributed by atoms with Gasteiger partial charge in [-0.2, -0.15) is 0 Å². The number of hydrogen-bond acceptors (Lipinski definition) is 3. The van der Waals surface area contributed by atoms with Crippen LogP contribution < -0.4 is 10.6 Å². The van der Waals surface area contributed by atoms with E-state index in [4.69, 9.17) is 0 Å². The van der Waals surface area contributed by atoms with E-state index in [9.17, 15) is 9.59 Å². The Morgan fingerprint density at radius 3 is 3.05 bits per heavy atom. The molecule has 0 bridgehead atoms. The SMILES string of the molecule is CC(Cn1ccnc1)NC(=O)NCCN1CCCCCC1=O. The van der Waals surface area contributed by atoms with Crippen LogP contribution >= 0.6 is 0 Å². The molecule has 3 amide bonds. The van der Waals surface area contributed by atoms with E-state index in [-0.39, 0.29) is 18.0 Å². The predicted octanol–water partition coefficient (Wildman–Crippen LogP) is 0.973. The van der Waals surface area contributed by atoms with Crippen molar-refractivity contribution in [2.45, 2.75) is 45.2 Å². The number of nitrogens with zero attached hydrogens (tertiary/aromatic N) is 3. The zero-order chi connectivity index (χ0) is 15.8. The summed E-state index contributed by atoms with van der Waals surface area (Å²) in [6.45, 7) is 4.49. The van der Waals surface area contributed by atoms with Crippen molar-refractivity contribution < 1.29 is 9.59 Å². The molecule has 1 unspecified atom stereocenters. The molecule has 122 valence electrons. The van der Waals surface area contributed by atoms with Crippen molar-refractivity contribution in [3.8, 4) is 0 Å². The number of carbonyl (C=O) groups is 2. The number of hydrogen-bond donors (Lipinski definition) is 2. The Balaban J connectivity index is 1.63. The number of rotatable bonds is 6. The number of amides is 3.